The lowest BCUT2D eigenvalue weighted by Crippen LogP contribution is -2.58. The molecule has 12 N–H and O–H groups in total. The molecule has 5 amide bonds. The molecule has 3 aromatic rings. The van der Waals surface area contributed by atoms with E-state index >= 15 is 0 Å². The number of hydrogen-bond acceptors (Lipinski definition) is 14. The van der Waals surface area contributed by atoms with Crippen molar-refractivity contribution < 1.29 is 84.0 Å². The molecule has 0 radical (unpaired) electrons. The minimum atomic E-state index is -2.26. The maximum absolute atomic E-state index is 13.3. The van der Waals surface area contributed by atoms with E-state index in [1.807, 2.05) is 0 Å². The number of ether oxygens (including phenoxy) is 3. The van der Waals surface area contributed by atoms with Gasteiger partial charge in [-0.25, -0.2) is 12.6 Å². The van der Waals surface area contributed by atoms with Crippen molar-refractivity contribution >= 4 is 97.9 Å². The van der Waals surface area contributed by atoms with Gasteiger partial charge in [-0.2, -0.15) is 0 Å². The Morgan fingerprint density at radius 1 is 0.418 bits per heavy atom. The van der Waals surface area contributed by atoms with Crippen LogP contribution in [-0.2, 0) is 72.0 Å². The van der Waals surface area contributed by atoms with Crippen molar-refractivity contribution in [1.29, 1.82) is 0 Å². The molecule has 0 heterocycles. The molecule has 0 aliphatic heterocycles. The fourth-order valence-electron chi connectivity index (χ4n) is 7.19. The van der Waals surface area contributed by atoms with Crippen LogP contribution in [0.1, 0.15) is 115 Å². The van der Waals surface area contributed by atoms with E-state index in [-0.39, 0.29) is 152 Å². The summed E-state index contributed by atoms with van der Waals surface area (Å²) in [5, 5.41) is 22.9. The molecule has 0 spiro atoms. The predicted octanol–water partition coefficient (Wildman–Crippen LogP) is 3.24. The first-order valence-corrected chi connectivity index (χ1v) is 28.5. The van der Waals surface area contributed by atoms with Gasteiger partial charge in [0.25, 0.3) is 45.6 Å². The SMILES string of the molecule is O=C(O)CCCC(=O)NC(COCCC(=O)CCCCCC(=O)c1ccc(NS(=O)O)cc1)(COCCC(=O)NCCCNC(=O)c1ccc(NS(=O)O)cc1)COCCC(=O)NCCCNC(=O)c1ccc(NS(=O)O)cc1. The highest BCUT2D eigenvalue weighted by Gasteiger charge is 2.34. The van der Waals surface area contributed by atoms with Crippen LogP contribution in [0.3, 0.4) is 0 Å². The van der Waals surface area contributed by atoms with E-state index in [0.717, 1.165) is 0 Å². The molecule has 3 atom stereocenters. The average Bonchev–Trinajstić information content (AvgIpc) is 3.39. The molecule has 436 valence electrons. The van der Waals surface area contributed by atoms with E-state index in [2.05, 4.69) is 40.8 Å². The zero-order valence-electron chi connectivity index (χ0n) is 43.4. The Morgan fingerprint density at radius 3 is 1.23 bits per heavy atom. The Balaban J connectivity index is 1.53. The lowest BCUT2D eigenvalue weighted by atomic mass is 10.0. The third-order valence-corrected chi connectivity index (χ3v) is 12.4. The fourth-order valence-corrected chi connectivity index (χ4v) is 8.20. The summed E-state index contributed by atoms with van der Waals surface area (Å²) in [7, 11) is 0. The van der Waals surface area contributed by atoms with Crippen molar-refractivity contribution in [2.24, 2.45) is 0 Å². The van der Waals surface area contributed by atoms with Gasteiger partial charge in [-0.1, -0.05) is 6.42 Å². The average molecular weight is 1170 g/mol. The minimum absolute atomic E-state index is 0.0106. The van der Waals surface area contributed by atoms with Crippen LogP contribution in [-0.4, -0.2) is 150 Å². The topological polar surface area (TPSA) is 393 Å². The first-order chi connectivity index (χ1) is 37.8. The van der Waals surface area contributed by atoms with Gasteiger partial charge in [0, 0.05) is 105 Å². The predicted molar refractivity (Wildman–Crippen MR) is 294 cm³/mol. The standard InChI is InChI=1S/C50H70N8O18S3/c59-42(7-2-1-3-8-43(60)36-11-17-39(18-12-36)56-77(68)69)23-30-74-33-50(55-46(63)9-4-10-47(64)65,34-75-31-24-44(61)51-26-5-28-53-48(66)37-13-19-40(20-14-37)57-78(70)71)35-76-32-25-45(62)52-27-6-29-54-49(67)38-15-21-41(22-16-38)58-79(72)73/h11-22,56-58H,1-10,23-35H2,(H,51,61)(H,52,62)(H,53,66)(H,54,67)(H,55,63)(H,64,65)(H,68,69)(H,70,71)(H,72,73). The zero-order valence-corrected chi connectivity index (χ0v) is 45.9. The Hall–Kier alpha value is -6.57. The second kappa shape index (κ2) is 38.1. The van der Waals surface area contributed by atoms with Crippen molar-refractivity contribution in [1.82, 2.24) is 26.6 Å². The second-order valence-corrected chi connectivity index (χ2v) is 19.8. The molecule has 0 saturated heterocycles. The van der Waals surface area contributed by atoms with Crippen LogP contribution in [0.4, 0.5) is 17.1 Å². The number of carbonyl (C=O) groups is 8. The van der Waals surface area contributed by atoms with Gasteiger partial charge in [-0.3, -0.25) is 66.2 Å². The number of nitrogens with one attached hydrogen (secondary N) is 8. The van der Waals surface area contributed by atoms with Gasteiger partial charge in [-0.15, -0.1) is 0 Å². The number of rotatable bonds is 43. The van der Waals surface area contributed by atoms with Gasteiger partial charge in [0.2, 0.25) is 17.7 Å². The third kappa shape index (κ3) is 30.4. The first kappa shape index (κ1) is 66.7. The maximum atomic E-state index is 13.3. The number of benzene rings is 3. The largest absolute Gasteiger partial charge is 0.481 e. The highest BCUT2D eigenvalue weighted by Crippen LogP contribution is 2.16. The van der Waals surface area contributed by atoms with Gasteiger partial charge in [0.15, 0.2) is 5.78 Å². The highest BCUT2D eigenvalue weighted by molar-refractivity contribution is 7.81. The molecular formula is C50H70N8O18S3. The number of amides is 5. The minimum Gasteiger partial charge on any atom is -0.481 e. The van der Waals surface area contributed by atoms with Crippen molar-refractivity contribution in [2.45, 2.75) is 89.0 Å². The molecule has 3 rings (SSSR count). The van der Waals surface area contributed by atoms with Crippen LogP contribution in [0.5, 0.6) is 0 Å². The van der Waals surface area contributed by atoms with Crippen LogP contribution < -0.4 is 40.8 Å². The Morgan fingerprint density at radius 2 is 0.810 bits per heavy atom. The van der Waals surface area contributed by atoms with Crippen LogP contribution in [0.2, 0.25) is 0 Å². The number of aliphatic carboxylic acids is 1. The summed E-state index contributed by atoms with van der Waals surface area (Å²) in [6.45, 7) is -0.245. The normalized spacial score (nSPS) is 12.8. The van der Waals surface area contributed by atoms with Gasteiger partial charge < -0.3 is 45.9 Å². The summed E-state index contributed by atoms with van der Waals surface area (Å²) in [5.41, 5.74) is 0.726. The monoisotopic (exact) mass is 1170 g/mol. The van der Waals surface area contributed by atoms with Crippen molar-refractivity contribution in [3.8, 4) is 0 Å². The summed E-state index contributed by atoms with van der Waals surface area (Å²) in [6.07, 6.45) is 2.23. The van der Waals surface area contributed by atoms with Crippen molar-refractivity contribution in [2.75, 3.05) is 80.0 Å². The highest BCUT2D eigenvalue weighted by atomic mass is 32.2. The van der Waals surface area contributed by atoms with Crippen molar-refractivity contribution in [3.63, 3.8) is 0 Å². The molecule has 3 aromatic carbocycles. The molecular weight excluding hydrogens is 1100 g/mol. The number of hydrogen-bond donors (Lipinski definition) is 12. The summed E-state index contributed by atoms with van der Waals surface area (Å²) in [5.74, 6) is -3.40. The third-order valence-electron chi connectivity index (χ3n) is 11.2. The Bertz CT molecular complexity index is 2260. The lowest BCUT2D eigenvalue weighted by Gasteiger charge is -2.34. The van der Waals surface area contributed by atoms with Gasteiger partial charge >= 0.3 is 5.97 Å². The molecule has 0 fully saturated rings. The van der Waals surface area contributed by atoms with Gasteiger partial charge in [-0.05, 0) is 105 Å². The summed E-state index contributed by atoms with van der Waals surface area (Å²) in [4.78, 5) is 100. The molecule has 0 aliphatic carbocycles. The number of Topliss-reactive ketones (excluding diaryl/α,β-unsaturated/α-hetero) is 2. The number of ketones is 2. The molecule has 0 aliphatic rings. The van der Waals surface area contributed by atoms with E-state index in [1.165, 1.54) is 60.7 Å². The van der Waals surface area contributed by atoms with E-state index in [9.17, 15) is 51.0 Å². The van der Waals surface area contributed by atoms with E-state index in [4.69, 9.17) is 33.0 Å². The molecule has 0 saturated carbocycles. The maximum Gasteiger partial charge on any atom is 0.303 e. The number of carboxylic acid groups (broad SMARTS) is 1. The van der Waals surface area contributed by atoms with Crippen molar-refractivity contribution in [3.05, 3.63) is 89.5 Å². The van der Waals surface area contributed by atoms with Gasteiger partial charge in [0.1, 0.15) is 11.3 Å². The molecule has 3 unspecified atom stereocenters. The van der Waals surface area contributed by atoms with E-state index in [1.54, 1.807) is 12.1 Å². The fraction of sp³-hybridized carbons (Fsp3) is 0.480. The quantitative estimate of drug-likeness (QED) is 0.0220. The number of carbonyl (C=O) groups excluding carboxylic acids is 7. The van der Waals surface area contributed by atoms with Crippen LogP contribution >= 0.6 is 0 Å². The molecule has 26 nitrogen and oxygen atoms in total. The summed E-state index contributed by atoms with van der Waals surface area (Å²) >= 11 is -6.76. The van der Waals surface area contributed by atoms with Crippen LogP contribution in [0.25, 0.3) is 0 Å². The second-order valence-electron chi connectivity index (χ2n) is 17.7. The Labute approximate surface area is 465 Å². The van der Waals surface area contributed by atoms with Crippen LogP contribution in [0.15, 0.2) is 72.8 Å². The molecule has 29 heteroatoms. The number of carboxylic acids is 1. The molecule has 0 aromatic heterocycles. The first-order valence-electron chi connectivity index (χ1n) is 25.2. The Kier molecular flexibility index (Phi) is 32.2. The van der Waals surface area contributed by atoms with Crippen LogP contribution in [0, 0.1) is 0 Å². The van der Waals surface area contributed by atoms with Gasteiger partial charge in [0.05, 0.1) is 39.6 Å². The van der Waals surface area contributed by atoms with E-state index in [0.29, 0.717) is 65.9 Å². The lowest BCUT2D eigenvalue weighted by molar-refractivity contribution is -0.137. The summed E-state index contributed by atoms with van der Waals surface area (Å²) < 4.78 is 84.4. The van der Waals surface area contributed by atoms with E-state index < -0.39 is 51.2 Å². The summed E-state index contributed by atoms with van der Waals surface area (Å²) in [6, 6.07) is 18.0. The molecule has 0 bridgehead atoms. The number of anilines is 3. The smallest absolute Gasteiger partial charge is 0.303 e. The number of unbranched alkanes of at least 4 members (excludes halogenated alkanes) is 2. The molecule has 79 heavy (non-hydrogen) atoms. The zero-order chi connectivity index (χ0) is 57.8.